The van der Waals surface area contributed by atoms with Gasteiger partial charge >= 0.3 is 5.97 Å². The highest BCUT2D eigenvalue weighted by Gasteiger charge is 2.21. The highest BCUT2D eigenvalue weighted by Crippen LogP contribution is 2.02. The van der Waals surface area contributed by atoms with E-state index in [1.165, 1.54) is 7.11 Å². The highest BCUT2D eigenvalue weighted by molar-refractivity contribution is 5.96. The lowest BCUT2D eigenvalue weighted by molar-refractivity contribution is -0.143. The molecule has 1 aromatic carbocycles. The summed E-state index contributed by atoms with van der Waals surface area (Å²) in [6.45, 7) is 2.26. The number of hydrogen-bond donors (Lipinski definition) is 2. The van der Waals surface area contributed by atoms with Gasteiger partial charge in [0.15, 0.2) is 0 Å². The van der Waals surface area contributed by atoms with Crippen LogP contribution in [-0.2, 0) is 14.3 Å². The Morgan fingerprint density at radius 3 is 2.50 bits per heavy atom. The van der Waals surface area contributed by atoms with E-state index in [-0.39, 0.29) is 24.8 Å². The van der Waals surface area contributed by atoms with Crippen LogP contribution in [0.2, 0.25) is 0 Å². The van der Waals surface area contributed by atoms with Gasteiger partial charge in [0, 0.05) is 18.5 Å². The Morgan fingerprint density at radius 2 is 1.88 bits per heavy atom. The number of amides is 2. The molecule has 0 saturated carbocycles. The summed E-state index contributed by atoms with van der Waals surface area (Å²) in [6, 6.07) is 7.79. The minimum absolute atomic E-state index is 0.127. The third kappa shape index (κ3) is 7.09. The Hall–Kier alpha value is -2.63. The first-order chi connectivity index (χ1) is 11.6. The Morgan fingerprint density at radius 1 is 1.17 bits per heavy atom. The third-order valence-corrected chi connectivity index (χ3v) is 3.29. The summed E-state index contributed by atoms with van der Waals surface area (Å²) >= 11 is 0. The maximum Gasteiger partial charge on any atom is 0.328 e. The average Bonchev–Trinajstić information content (AvgIpc) is 2.61. The van der Waals surface area contributed by atoms with Crippen LogP contribution >= 0.6 is 0 Å². The fourth-order valence-electron chi connectivity index (χ4n) is 2.01. The monoisotopic (exact) mass is 332 g/mol. The van der Waals surface area contributed by atoms with Gasteiger partial charge in [0.25, 0.3) is 5.91 Å². The fraction of sp³-hybridized carbons (Fsp3) is 0.389. The minimum Gasteiger partial charge on any atom is -0.467 e. The van der Waals surface area contributed by atoms with Gasteiger partial charge in [-0.25, -0.2) is 4.79 Å². The number of nitrogens with one attached hydrogen (secondary N) is 2. The quantitative estimate of drug-likeness (QED) is 0.534. The Balaban J connectivity index is 2.51. The van der Waals surface area contributed by atoms with Gasteiger partial charge in [-0.05, 0) is 25.0 Å². The molecule has 1 aromatic rings. The number of hydrogen-bond acceptors (Lipinski definition) is 4. The summed E-state index contributed by atoms with van der Waals surface area (Å²) in [5, 5.41) is 5.35. The highest BCUT2D eigenvalue weighted by atomic mass is 16.5. The molecule has 0 bridgehead atoms. The van der Waals surface area contributed by atoms with Crippen LogP contribution in [0.25, 0.3) is 0 Å². The molecule has 24 heavy (non-hydrogen) atoms. The molecule has 0 aliphatic carbocycles. The second-order valence-electron chi connectivity index (χ2n) is 5.14. The molecular formula is C18H24N2O4. The van der Waals surface area contributed by atoms with Gasteiger partial charge in [-0.15, -0.1) is 0 Å². The average molecular weight is 332 g/mol. The van der Waals surface area contributed by atoms with E-state index in [0.29, 0.717) is 12.0 Å². The van der Waals surface area contributed by atoms with Crippen molar-refractivity contribution in [1.82, 2.24) is 10.6 Å². The second kappa shape index (κ2) is 11.0. The summed E-state index contributed by atoms with van der Waals surface area (Å²) in [4.78, 5) is 35.6. The summed E-state index contributed by atoms with van der Waals surface area (Å²) in [6.07, 6.45) is 5.14. The van der Waals surface area contributed by atoms with Gasteiger partial charge in [0.2, 0.25) is 5.91 Å². The molecule has 2 N–H and O–H groups in total. The van der Waals surface area contributed by atoms with Crippen LogP contribution in [0.3, 0.4) is 0 Å². The third-order valence-electron chi connectivity index (χ3n) is 3.29. The zero-order valence-corrected chi connectivity index (χ0v) is 14.1. The number of allylic oxidation sites excluding steroid dienone is 1. The molecule has 0 aliphatic heterocycles. The van der Waals surface area contributed by atoms with Crippen molar-refractivity contribution in [1.29, 1.82) is 0 Å². The summed E-state index contributed by atoms with van der Waals surface area (Å²) in [5.74, 6) is -1.03. The van der Waals surface area contributed by atoms with E-state index in [4.69, 9.17) is 4.74 Å². The number of carbonyl (C=O) groups is 3. The maximum atomic E-state index is 12.1. The molecule has 2 amide bonds. The number of ether oxygens (including phenoxy) is 1. The van der Waals surface area contributed by atoms with Crippen molar-refractivity contribution in [3.63, 3.8) is 0 Å². The molecule has 6 heteroatoms. The fourth-order valence-corrected chi connectivity index (χ4v) is 2.01. The molecule has 1 rings (SSSR count). The molecule has 6 nitrogen and oxygen atoms in total. The first-order valence-corrected chi connectivity index (χ1v) is 7.94. The molecule has 130 valence electrons. The lowest BCUT2D eigenvalue weighted by Crippen LogP contribution is -2.43. The lowest BCUT2D eigenvalue weighted by Gasteiger charge is -2.16. The molecule has 0 fully saturated rings. The van der Waals surface area contributed by atoms with Crippen LogP contribution in [0.4, 0.5) is 0 Å². The Kier molecular flexibility index (Phi) is 8.89. The molecule has 1 atom stereocenters. The van der Waals surface area contributed by atoms with Gasteiger partial charge in [-0.1, -0.05) is 37.3 Å². The molecule has 0 aliphatic rings. The second-order valence-corrected chi connectivity index (χ2v) is 5.14. The maximum absolute atomic E-state index is 12.1. The molecule has 0 aromatic heterocycles. The van der Waals surface area contributed by atoms with Crippen molar-refractivity contribution in [2.75, 3.05) is 13.7 Å². The summed E-state index contributed by atoms with van der Waals surface area (Å²) in [5.41, 5.74) is 0.458. The van der Waals surface area contributed by atoms with E-state index in [1.807, 2.05) is 13.0 Å². The molecule has 0 saturated heterocycles. The first kappa shape index (κ1) is 19.4. The van der Waals surface area contributed by atoms with Gasteiger partial charge in [-0.2, -0.15) is 0 Å². The molecular weight excluding hydrogens is 308 g/mol. The SMILES string of the molecule is CC/C=C\CC(=O)NCCC(NC(=O)c1ccccc1)C(=O)OC. The number of esters is 1. The van der Waals surface area contributed by atoms with Gasteiger partial charge in [0.1, 0.15) is 6.04 Å². The predicted molar refractivity (Wildman–Crippen MR) is 91.4 cm³/mol. The van der Waals surface area contributed by atoms with E-state index in [0.717, 1.165) is 6.42 Å². The van der Waals surface area contributed by atoms with Crippen molar-refractivity contribution in [3.8, 4) is 0 Å². The van der Waals surface area contributed by atoms with Crippen molar-refractivity contribution >= 4 is 17.8 Å². The van der Waals surface area contributed by atoms with Crippen LogP contribution in [0.15, 0.2) is 42.5 Å². The van der Waals surface area contributed by atoms with Crippen LogP contribution in [0, 0.1) is 0 Å². The van der Waals surface area contributed by atoms with E-state index in [2.05, 4.69) is 10.6 Å². The van der Waals surface area contributed by atoms with E-state index >= 15 is 0 Å². The van der Waals surface area contributed by atoms with E-state index in [9.17, 15) is 14.4 Å². The number of rotatable bonds is 9. The molecule has 0 spiro atoms. The number of methoxy groups -OCH3 is 1. The zero-order chi connectivity index (χ0) is 17.8. The first-order valence-electron chi connectivity index (χ1n) is 7.94. The predicted octanol–water partition coefficient (Wildman–Crippen LogP) is 1.82. The van der Waals surface area contributed by atoms with Crippen LogP contribution in [0.5, 0.6) is 0 Å². The van der Waals surface area contributed by atoms with Crippen molar-refractivity contribution in [2.45, 2.75) is 32.2 Å². The van der Waals surface area contributed by atoms with Crippen molar-refractivity contribution < 1.29 is 19.1 Å². The van der Waals surface area contributed by atoms with Crippen LogP contribution in [-0.4, -0.2) is 37.5 Å². The van der Waals surface area contributed by atoms with Crippen molar-refractivity contribution in [3.05, 3.63) is 48.0 Å². The summed E-state index contributed by atoms with van der Waals surface area (Å²) < 4.78 is 4.71. The van der Waals surface area contributed by atoms with Gasteiger partial charge in [0.05, 0.1) is 7.11 Å². The van der Waals surface area contributed by atoms with Gasteiger partial charge < -0.3 is 15.4 Å². The smallest absolute Gasteiger partial charge is 0.328 e. The molecule has 1 unspecified atom stereocenters. The molecule has 0 heterocycles. The number of benzene rings is 1. The normalized spacial score (nSPS) is 11.8. The van der Waals surface area contributed by atoms with Crippen molar-refractivity contribution in [2.24, 2.45) is 0 Å². The van der Waals surface area contributed by atoms with Gasteiger partial charge in [-0.3, -0.25) is 9.59 Å². The largest absolute Gasteiger partial charge is 0.467 e. The van der Waals surface area contributed by atoms with Crippen LogP contribution < -0.4 is 10.6 Å². The topological polar surface area (TPSA) is 84.5 Å². The van der Waals surface area contributed by atoms with E-state index < -0.39 is 12.0 Å². The minimum atomic E-state index is -0.811. The van der Waals surface area contributed by atoms with E-state index in [1.54, 1.807) is 36.4 Å². The zero-order valence-electron chi connectivity index (χ0n) is 14.1. The lowest BCUT2D eigenvalue weighted by atomic mass is 10.1. The van der Waals surface area contributed by atoms with Crippen LogP contribution in [0.1, 0.15) is 36.5 Å². The Labute approximate surface area is 142 Å². The standard InChI is InChI=1S/C18H24N2O4/c1-3-4-6-11-16(21)19-13-12-15(18(23)24-2)20-17(22)14-9-7-5-8-10-14/h4-10,15H,3,11-13H2,1-2H3,(H,19,21)(H,20,22)/b6-4-. The molecule has 0 radical (unpaired) electrons. The Bertz CT molecular complexity index is 570. The number of carbonyl (C=O) groups excluding carboxylic acids is 3. The summed E-state index contributed by atoms with van der Waals surface area (Å²) in [7, 11) is 1.26.